The average Bonchev–Trinajstić information content (AvgIpc) is 3.05. The number of carboxylic acids is 1. The minimum Gasteiger partial charge on any atom is -0.497 e. The lowest BCUT2D eigenvalue weighted by molar-refractivity contribution is -0.137. The Morgan fingerprint density at radius 2 is 2.28 bits per heavy atom. The number of methoxy groups -OCH3 is 1. The summed E-state index contributed by atoms with van der Waals surface area (Å²) in [6.07, 6.45) is 3.70. The molecule has 1 fully saturated rings. The van der Waals surface area contributed by atoms with E-state index in [9.17, 15) is 9.18 Å². The molecule has 134 valence electrons. The van der Waals surface area contributed by atoms with Crippen LogP contribution in [0, 0.1) is 5.82 Å². The van der Waals surface area contributed by atoms with Crippen molar-refractivity contribution in [1.29, 1.82) is 0 Å². The summed E-state index contributed by atoms with van der Waals surface area (Å²) in [5.74, 6) is -0.253. The van der Waals surface area contributed by atoms with Crippen molar-refractivity contribution in [3.63, 3.8) is 0 Å². The number of carbonyl (C=O) groups is 1. The van der Waals surface area contributed by atoms with Crippen molar-refractivity contribution >= 4 is 5.97 Å². The van der Waals surface area contributed by atoms with E-state index >= 15 is 0 Å². The molecule has 2 heterocycles. The highest BCUT2D eigenvalue weighted by molar-refractivity contribution is 5.66. The molecule has 0 bridgehead atoms. The lowest BCUT2D eigenvalue weighted by Crippen LogP contribution is -2.34. The van der Waals surface area contributed by atoms with Gasteiger partial charge in [0.15, 0.2) is 0 Å². The number of rotatable bonds is 6. The van der Waals surface area contributed by atoms with Crippen LogP contribution in [-0.4, -0.2) is 46.0 Å². The maximum absolute atomic E-state index is 14.1. The normalized spacial score (nSPS) is 18.2. The first-order valence-electron chi connectivity index (χ1n) is 8.35. The summed E-state index contributed by atoms with van der Waals surface area (Å²) < 4.78 is 20.7. The van der Waals surface area contributed by atoms with Crippen molar-refractivity contribution < 1.29 is 19.0 Å². The maximum Gasteiger partial charge on any atom is 0.325 e. The smallest absolute Gasteiger partial charge is 0.325 e. The molecule has 0 radical (unpaired) electrons. The molecule has 1 saturated heterocycles. The summed E-state index contributed by atoms with van der Waals surface area (Å²) in [5, 5.41) is 13.2. The Morgan fingerprint density at radius 3 is 3.04 bits per heavy atom. The van der Waals surface area contributed by atoms with E-state index in [0.29, 0.717) is 17.9 Å². The third kappa shape index (κ3) is 4.36. The number of benzene rings is 1. The Kier molecular flexibility index (Phi) is 5.33. The van der Waals surface area contributed by atoms with Gasteiger partial charge in [-0.05, 0) is 43.7 Å². The molecule has 25 heavy (non-hydrogen) atoms. The lowest BCUT2D eigenvalue weighted by atomic mass is 9.94. The van der Waals surface area contributed by atoms with Gasteiger partial charge in [-0.1, -0.05) is 0 Å². The highest BCUT2D eigenvalue weighted by Crippen LogP contribution is 2.27. The zero-order chi connectivity index (χ0) is 17.8. The number of halogens is 1. The topological polar surface area (TPSA) is 67.6 Å². The Bertz CT molecular complexity index is 747. The monoisotopic (exact) mass is 347 g/mol. The van der Waals surface area contributed by atoms with E-state index in [0.717, 1.165) is 31.6 Å². The second kappa shape index (κ2) is 7.65. The number of piperidine rings is 1. The van der Waals surface area contributed by atoms with Gasteiger partial charge in [-0.15, -0.1) is 0 Å². The van der Waals surface area contributed by atoms with Gasteiger partial charge in [0.05, 0.1) is 12.8 Å². The zero-order valence-corrected chi connectivity index (χ0v) is 14.2. The second-order valence-electron chi connectivity index (χ2n) is 6.36. The highest BCUT2D eigenvalue weighted by atomic mass is 19.1. The molecule has 1 aromatic carbocycles. The molecule has 0 saturated carbocycles. The third-order valence-electron chi connectivity index (χ3n) is 4.53. The van der Waals surface area contributed by atoms with Crippen LogP contribution in [0.5, 0.6) is 5.75 Å². The molecular formula is C18H22FN3O3. The minimum absolute atomic E-state index is 0.133. The predicted molar refractivity (Wildman–Crippen MR) is 90.1 cm³/mol. The Labute approximate surface area is 145 Å². The summed E-state index contributed by atoms with van der Waals surface area (Å²) in [5.41, 5.74) is 1.52. The van der Waals surface area contributed by atoms with Crippen molar-refractivity contribution in [3.05, 3.63) is 47.5 Å². The third-order valence-corrected chi connectivity index (χ3v) is 4.53. The number of hydrogen-bond donors (Lipinski definition) is 1. The van der Waals surface area contributed by atoms with Crippen LogP contribution in [-0.2, 0) is 17.9 Å². The van der Waals surface area contributed by atoms with E-state index in [4.69, 9.17) is 9.84 Å². The van der Waals surface area contributed by atoms with Crippen molar-refractivity contribution in [2.75, 3.05) is 20.2 Å². The molecule has 3 rings (SSSR count). The van der Waals surface area contributed by atoms with Gasteiger partial charge in [-0.2, -0.15) is 5.10 Å². The molecular weight excluding hydrogens is 325 g/mol. The van der Waals surface area contributed by atoms with Gasteiger partial charge in [-0.25, -0.2) is 4.39 Å². The van der Waals surface area contributed by atoms with E-state index in [1.807, 2.05) is 6.07 Å². The van der Waals surface area contributed by atoms with Crippen LogP contribution in [0.1, 0.15) is 30.0 Å². The molecule has 0 spiro atoms. The summed E-state index contributed by atoms with van der Waals surface area (Å²) in [4.78, 5) is 13.0. The number of ether oxygens (including phenoxy) is 1. The fraction of sp³-hybridized carbons (Fsp3) is 0.444. The first-order chi connectivity index (χ1) is 12.0. The largest absolute Gasteiger partial charge is 0.497 e. The van der Waals surface area contributed by atoms with Crippen molar-refractivity contribution in [1.82, 2.24) is 14.7 Å². The van der Waals surface area contributed by atoms with Gasteiger partial charge in [0.25, 0.3) is 0 Å². The van der Waals surface area contributed by atoms with E-state index < -0.39 is 5.97 Å². The van der Waals surface area contributed by atoms with Crippen LogP contribution < -0.4 is 4.74 Å². The fourth-order valence-electron chi connectivity index (χ4n) is 3.30. The first kappa shape index (κ1) is 17.4. The highest BCUT2D eigenvalue weighted by Gasteiger charge is 2.24. The van der Waals surface area contributed by atoms with E-state index in [1.165, 1.54) is 10.7 Å². The van der Waals surface area contributed by atoms with Gasteiger partial charge in [-0.3, -0.25) is 14.4 Å². The summed E-state index contributed by atoms with van der Waals surface area (Å²) in [6, 6.07) is 6.67. The molecule has 1 aromatic heterocycles. The molecule has 0 unspecified atom stereocenters. The Balaban J connectivity index is 1.67. The van der Waals surface area contributed by atoms with Gasteiger partial charge in [0.1, 0.15) is 18.1 Å². The van der Waals surface area contributed by atoms with Gasteiger partial charge in [0, 0.05) is 30.8 Å². The summed E-state index contributed by atoms with van der Waals surface area (Å²) in [7, 11) is 1.57. The first-order valence-corrected chi connectivity index (χ1v) is 8.35. The second-order valence-corrected chi connectivity index (χ2v) is 6.36. The standard InChI is InChI=1S/C18H22FN3O3/c1-25-15-4-5-16(19)14(9-15)11-21-7-2-3-13(10-21)17-6-8-22(20-17)12-18(23)24/h4-6,8-9,13H,2-3,7,10-12H2,1H3,(H,23,24)/t13-/m1/s1. The Hall–Kier alpha value is -2.41. The molecule has 1 aliphatic heterocycles. The van der Waals surface area contributed by atoms with Crippen LogP contribution in [0.2, 0.25) is 0 Å². The van der Waals surface area contributed by atoms with Gasteiger partial charge >= 0.3 is 5.97 Å². The molecule has 1 atom stereocenters. The van der Waals surface area contributed by atoms with Crippen LogP contribution in [0.4, 0.5) is 4.39 Å². The van der Waals surface area contributed by atoms with Crippen molar-refractivity contribution in [3.8, 4) is 5.75 Å². The number of nitrogens with zero attached hydrogens (tertiary/aromatic N) is 3. The summed E-state index contributed by atoms with van der Waals surface area (Å²) in [6.45, 7) is 2.07. The van der Waals surface area contributed by atoms with Crippen molar-refractivity contribution in [2.24, 2.45) is 0 Å². The molecule has 0 aliphatic carbocycles. The zero-order valence-electron chi connectivity index (χ0n) is 14.2. The number of aliphatic carboxylic acids is 1. The number of carboxylic acid groups (broad SMARTS) is 1. The van der Waals surface area contributed by atoms with E-state index in [2.05, 4.69) is 10.00 Å². The number of aromatic nitrogens is 2. The maximum atomic E-state index is 14.1. The molecule has 1 N–H and O–H groups in total. The fourth-order valence-corrected chi connectivity index (χ4v) is 3.30. The molecule has 1 aliphatic rings. The van der Waals surface area contributed by atoms with Crippen LogP contribution >= 0.6 is 0 Å². The molecule has 0 amide bonds. The Morgan fingerprint density at radius 1 is 1.44 bits per heavy atom. The van der Waals surface area contributed by atoms with E-state index in [1.54, 1.807) is 25.4 Å². The molecule has 2 aromatic rings. The average molecular weight is 347 g/mol. The van der Waals surface area contributed by atoms with Gasteiger partial charge in [0.2, 0.25) is 0 Å². The number of hydrogen-bond acceptors (Lipinski definition) is 4. The minimum atomic E-state index is -0.909. The number of likely N-dealkylation sites (tertiary alicyclic amines) is 1. The van der Waals surface area contributed by atoms with Crippen LogP contribution in [0.25, 0.3) is 0 Å². The summed E-state index contributed by atoms with van der Waals surface area (Å²) >= 11 is 0. The molecule has 6 nitrogen and oxygen atoms in total. The SMILES string of the molecule is COc1ccc(F)c(CN2CCC[C@@H](c3ccn(CC(=O)O)n3)C2)c1. The lowest BCUT2D eigenvalue weighted by Gasteiger charge is -2.32. The predicted octanol–water partition coefficient (Wildman–Crippen LogP) is 2.50. The molecule has 7 heteroatoms. The van der Waals surface area contributed by atoms with Crippen molar-refractivity contribution in [2.45, 2.75) is 31.8 Å². The quantitative estimate of drug-likeness (QED) is 0.870. The van der Waals surface area contributed by atoms with Crippen LogP contribution in [0.3, 0.4) is 0 Å². The van der Waals surface area contributed by atoms with Crippen LogP contribution in [0.15, 0.2) is 30.5 Å². The van der Waals surface area contributed by atoms with Gasteiger partial charge < -0.3 is 9.84 Å². The van der Waals surface area contributed by atoms with E-state index in [-0.39, 0.29) is 18.3 Å².